The number of morpholine rings is 1. The fourth-order valence-corrected chi connectivity index (χ4v) is 3.25. The molecule has 1 saturated heterocycles. The van der Waals surface area contributed by atoms with Crippen LogP contribution in [0.3, 0.4) is 0 Å². The molecule has 0 spiro atoms. The largest absolute Gasteiger partial charge is 0.378 e. The Hall–Kier alpha value is -1.42. The quantitative estimate of drug-likeness (QED) is 0.448. The number of ether oxygens (including phenoxy) is 1. The van der Waals surface area contributed by atoms with Crippen LogP contribution in [0.15, 0.2) is 28.1 Å². The first-order valence-electron chi connectivity index (χ1n) is 6.97. The number of guanidine groups is 1. The summed E-state index contributed by atoms with van der Waals surface area (Å²) in [7, 11) is -3.96. The zero-order valence-electron chi connectivity index (χ0n) is 12.3. The van der Waals surface area contributed by atoms with Gasteiger partial charge in [-0.25, -0.2) is 17.5 Å². The van der Waals surface area contributed by atoms with Crippen molar-refractivity contribution in [3.63, 3.8) is 0 Å². The second kappa shape index (κ2) is 7.91. The van der Waals surface area contributed by atoms with Crippen molar-refractivity contribution in [2.24, 2.45) is 10.7 Å². The normalized spacial score (nSPS) is 16.6. The Balaban J connectivity index is 1.89. The number of sulfonamides is 1. The minimum absolute atomic E-state index is 0.00936. The van der Waals surface area contributed by atoms with Crippen molar-refractivity contribution in [2.45, 2.75) is 4.90 Å². The van der Waals surface area contributed by atoms with E-state index in [1.807, 2.05) is 4.90 Å². The van der Waals surface area contributed by atoms with E-state index in [1.54, 1.807) is 0 Å². The number of hydrogen-bond acceptors (Lipinski definition) is 4. The summed E-state index contributed by atoms with van der Waals surface area (Å²) in [6, 6.07) is 3.38. The van der Waals surface area contributed by atoms with Crippen molar-refractivity contribution >= 4 is 27.6 Å². The fraction of sp³-hybridized carbons (Fsp3) is 0.462. The first kappa shape index (κ1) is 17.9. The van der Waals surface area contributed by atoms with Gasteiger partial charge in [0.1, 0.15) is 10.7 Å². The van der Waals surface area contributed by atoms with E-state index in [4.69, 9.17) is 22.1 Å². The van der Waals surface area contributed by atoms with Gasteiger partial charge in [-0.05, 0) is 18.2 Å². The number of benzene rings is 1. The molecule has 23 heavy (non-hydrogen) atoms. The Labute approximate surface area is 139 Å². The molecule has 1 aliphatic rings. The smallest absolute Gasteiger partial charge is 0.243 e. The van der Waals surface area contributed by atoms with Gasteiger partial charge in [-0.15, -0.1) is 0 Å². The summed E-state index contributed by atoms with van der Waals surface area (Å²) in [6.07, 6.45) is 0. The van der Waals surface area contributed by atoms with Gasteiger partial charge in [0.25, 0.3) is 0 Å². The van der Waals surface area contributed by atoms with Gasteiger partial charge < -0.3 is 15.4 Å². The molecule has 0 unspecified atom stereocenters. The number of nitrogens with two attached hydrogens (primary N) is 1. The van der Waals surface area contributed by atoms with Crippen LogP contribution in [0.2, 0.25) is 5.02 Å². The van der Waals surface area contributed by atoms with Crippen LogP contribution < -0.4 is 10.5 Å². The first-order valence-corrected chi connectivity index (χ1v) is 8.83. The minimum Gasteiger partial charge on any atom is -0.378 e. The van der Waals surface area contributed by atoms with Crippen LogP contribution in [0.25, 0.3) is 0 Å². The molecule has 2 rings (SSSR count). The van der Waals surface area contributed by atoms with Crippen LogP contribution in [-0.2, 0) is 14.8 Å². The van der Waals surface area contributed by atoms with Crippen LogP contribution in [0.5, 0.6) is 0 Å². The minimum atomic E-state index is -3.96. The molecule has 0 amide bonds. The summed E-state index contributed by atoms with van der Waals surface area (Å²) >= 11 is 5.60. The van der Waals surface area contributed by atoms with E-state index in [9.17, 15) is 12.8 Å². The molecule has 1 aliphatic heterocycles. The molecule has 1 aromatic rings. The molecular weight excluding hydrogens is 347 g/mol. The van der Waals surface area contributed by atoms with Gasteiger partial charge >= 0.3 is 0 Å². The predicted molar refractivity (Wildman–Crippen MR) is 85.5 cm³/mol. The fourth-order valence-electron chi connectivity index (χ4n) is 2.01. The molecule has 128 valence electrons. The number of nitrogens with one attached hydrogen (secondary N) is 1. The summed E-state index contributed by atoms with van der Waals surface area (Å²) in [5.74, 6) is -0.563. The zero-order valence-corrected chi connectivity index (χ0v) is 13.9. The van der Waals surface area contributed by atoms with Crippen molar-refractivity contribution in [3.05, 3.63) is 29.0 Å². The topological polar surface area (TPSA) is 97.0 Å². The second-order valence-electron chi connectivity index (χ2n) is 4.81. The van der Waals surface area contributed by atoms with E-state index in [-0.39, 0.29) is 18.1 Å². The van der Waals surface area contributed by atoms with Crippen molar-refractivity contribution in [3.8, 4) is 0 Å². The highest BCUT2D eigenvalue weighted by Gasteiger charge is 2.18. The van der Waals surface area contributed by atoms with Gasteiger partial charge in [0.05, 0.1) is 19.8 Å². The molecule has 1 heterocycles. The molecule has 1 aromatic carbocycles. The molecule has 0 radical (unpaired) electrons. The van der Waals surface area contributed by atoms with E-state index < -0.39 is 20.7 Å². The predicted octanol–water partition coefficient (Wildman–Crippen LogP) is 0.404. The number of rotatable bonds is 5. The Morgan fingerprint density at radius 1 is 1.43 bits per heavy atom. The lowest BCUT2D eigenvalue weighted by atomic mass is 10.3. The third-order valence-electron chi connectivity index (χ3n) is 3.20. The molecule has 0 saturated carbocycles. The second-order valence-corrected chi connectivity index (χ2v) is 6.98. The van der Waals surface area contributed by atoms with Crippen molar-refractivity contribution in [1.29, 1.82) is 0 Å². The highest BCUT2D eigenvalue weighted by molar-refractivity contribution is 7.89. The van der Waals surface area contributed by atoms with Crippen molar-refractivity contribution < 1.29 is 17.5 Å². The Bertz CT molecular complexity index is 678. The summed E-state index contributed by atoms with van der Waals surface area (Å²) in [5.41, 5.74) is 5.82. The highest BCUT2D eigenvalue weighted by Crippen LogP contribution is 2.18. The van der Waals surface area contributed by atoms with E-state index in [0.717, 1.165) is 12.1 Å². The number of hydrogen-bond donors (Lipinski definition) is 2. The summed E-state index contributed by atoms with van der Waals surface area (Å²) in [5, 5.41) is 0.129. The Morgan fingerprint density at radius 2 is 2.13 bits per heavy atom. The first-order chi connectivity index (χ1) is 10.9. The Morgan fingerprint density at radius 3 is 2.78 bits per heavy atom. The molecular formula is C13H18ClFN4O3S. The van der Waals surface area contributed by atoms with Crippen molar-refractivity contribution in [1.82, 2.24) is 9.62 Å². The maximum Gasteiger partial charge on any atom is 0.243 e. The lowest BCUT2D eigenvalue weighted by molar-refractivity contribution is 0.0674. The Kier molecular flexibility index (Phi) is 6.17. The summed E-state index contributed by atoms with van der Waals surface area (Å²) in [4.78, 5) is 5.51. The average molecular weight is 365 g/mol. The van der Waals surface area contributed by atoms with Gasteiger partial charge in [0.2, 0.25) is 10.0 Å². The van der Waals surface area contributed by atoms with Gasteiger partial charge in [-0.3, -0.25) is 4.99 Å². The SMILES string of the molecule is NC(=NCCNS(=O)(=O)c1ccc(Cl)cc1F)N1CCOCC1. The van der Waals surface area contributed by atoms with Crippen molar-refractivity contribution in [2.75, 3.05) is 39.4 Å². The number of aliphatic imine (C=N–C) groups is 1. The van der Waals surface area contributed by atoms with E-state index in [0.29, 0.717) is 32.3 Å². The molecule has 0 aromatic heterocycles. The van der Waals surface area contributed by atoms with Crippen LogP contribution in [0.4, 0.5) is 4.39 Å². The number of halogens is 2. The third kappa shape index (κ3) is 5.03. The van der Waals surface area contributed by atoms with Crippen LogP contribution >= 0.6 is 11.6 Å². The third-order valence-corrected chi connectivity index (χ3v) is 4.93. The van der Waals surface area contributed by atoms with Gasteiger partial charge in [-0.1, -0.05) is 11.6 Å². The number of nitrogens with zero attached hydrogens (tertiary/aromatic N) is 2. The standard InChI is InChI=1S/C13H18ClFN4O3S/c14-10-1-2-12(11(15)9-10)23(20,21)18-4-3-17-13(16)19-5-7-22-8-6-19/h1-2,9,18H,3-8H2,(H2,16,17). The maximum absolute atomic E-state index is 13.7. The molecule has 0 atom stereocenters. The molecule has 10 heteroatoms. The van der Waals surface area contributed by atoms with E-state index >= 15 is 0 Å². The van der Waals surface area contributed by atoms with Gasteiger partial charge in [0.15, 0.2) is 5.96 Å². The molecule has 1 fully saturated rings. The summed E-state index contributed by atoms with van der Waals surface area (Å²) in [6.45, 7) is 2.62. The van der Waals surface area contributed by atoms with Gasteiger partial charge in [-0.2, -0.15) is 0 Å². The van der Waals surface area contributed by atoms with E-state index in [2.05, 4.69) is 9.71 Å². The molecule has 3 N–H and O–H groups in total. The van der Waals surface area contributed by atoms with Crippen LogP contribution in [0, 0.1) is 5.82 Å². The zero-order chi connectivity index (χ0) is 16.9. The average Bonchev–Trinajstić information content (AvgIpc) is 2.52. The monoisotopic (exact) mass is 364 g/mol. The van der Waals surface area contributed by atoms with Crippen LogP contribution in [-0.4, -0.2) is 58.7 Å². The van der Waals surface area contributed by atoms with Gasteiger partial charge in [0, 0.05) is 24.7 Å². The molecule has 7 nitrogen and oxygen atoms in total. The maximum atomic E-state index is 13.7. The highest BCUT2D eigenvalue weighted by atomic mass is 35.5. The summed E-state index contributed by atoms with van der Waals surface area (Å²) < 4.78 is 45.2. The van der Waals surface area contributed by atoms with E-state index in [1.165, 1.54) is 6.07 Å². The molecule has 0 bridgehead atoms. The van der Waals surface area contributed by atoms with Crippen LogP contribution in [0.1, 0.15) is 0 Å². The lowest BCUT2D eigenvalue weighted by Crippen LogP contribution is -2.45. The lowest BCUT2D eigenvalue weighted by Gasteiger charge is -2.27. The molecule has 0 aliphatic carbocycles.